The van der Waals surface area contributed by atoms with E-state index in [1.54, 1.807) is 13.8 Å². The van der Waals surface area contributed by atoms with Crippen molar-refractivity contribution in [2.75, 3.05) is 26.2 Å². The van der Waals surface area contributed by atoms with E-state index in [1.807, 2.05) is 18.7 Å². The van der Waals surface area contributed by atoms with E-state index in [4.69, 9.17) is 14.6 Å². The van der Waals surface area contributed by atoms with Gasteiger partial charge in [-0.25, -0.2) is 9.59 Å². The Morgan fingerprint density at radius 1 is 1.20 bits per heavy atom. The van der Waals surface area contributed by atoms with Crippen LogP contribution in [-0.2, 0) is 14.3 Å². The van der Waals surface area contributed by atoms with Crippen molar-refractivity contribution < 1.29 is 29.0 Å². The van der Waals surface area contributed by atoms with Gasteiger partial charge in [-0.05, 0) is 44.9 Å². The molecule has 2 unspecified atom stereocenters. The molecule has 9 nitrogen and oxygen atoms in total. The Morgan fingerprint density at radius 2 is 1.83 bits per heavy atom. The van der Waals surface area contributed by atoms with Crippen LogP contribution in [0.1, 0.15) is 61.3 Å². The first kappa shape index (κ1) is 26.0. The Balaban J connectivity index is 2.58. The first-order valence-electron chi connectivity index (χ1n) is 10.6. The largest absolute Gasteiger partial charge is 0.508 e. The van der Waals surface area contributed by atoms with E-state index in [-0.39, 0.29) is 30.4 Å². The molecule has 1 saturated heterocycles. The van der Waals surface area contributed by atoms with Gasteiger partial charge < -0.3 is 30.1 Å². The summed E-state index contributed by atoms with van der Waals surface area (Å²) in [4.78, 5) is 38.9. The quantitative estimate of drug-likeness (QED) is 0.510. The number of hydrogen-bond donors (Lipinski definition) is 3. The second-order valence-corrected chi connectivity index (χ2v) is 9.85. The SMILES string of the molecule is CC(O)COC(=O)OC(C)(C)CNC(=O)NC(C(=O)N1CCCC(C)(C)C1)C(C)C. The average Bonchev–Trinajstić information content (AvgIpc) is 2.61. The standard InChI is InChI=1S/C21H39N3O6/c1-14(2)16(17(26)24-10-8-9-20(4,5)13-24)23-18(27)22-12-21(6,7)30-19(28)29-11-15(3)25/h14-16,25H,8-13H2,1-7H3,(H2,22,23,27). The molecule has 1 fully saturated rings. The molecule has 1 aliphatic rings. The molecule has 30 heavy (non-hydrogen) atoms. The monoisotopic (exact) mass is 429 g/mol. The van der Waals surface area contributed by atoms with E-state index in [1.165, 1.54) is 6.92 Å². The Kier molecular flexibility index (Phi) is 9.39. The van der Waals surface area contributed by atoms with Crippen LogP contribution in [0.15, 0.2) is 0 Å². The van der Waals surface area contributed by atoms with Crippen LogP contribution >= 0.6 is 0 Å². The lowest BCUT2D eigenvalue weighted by Crippen LogP contribution is -2.57. The van der Waals surface area contributed by atoms with Crippen LogP contribution in [0, 0.1) is 11.3 Å². The van der Waals surface area contributed by atoms with Gasteiger partial charge in [0, 0.05) is 13.1 Å². The molecule has 9 heteroatoms. The fourth-order valence-corrected chi connectivity index (χ4v) is 3.29. The number of ether oxygens (including phenoxy) is 2. The molecule has 0 radical (unpaired) electrons. The fraction of sp³-hybridized carbons (Fsp3) is 0.857. The van der Waals surface area contributed by atoms with Crippen molar-refractivity contribution in [3.8, 4) is 0 Å². The smallest absolute Gasteiger partial charge is 0.432 e. The molecule has 3 N–H and O–H groups in total. The summed E-state index contributed by atoms with van der Waals surface area (Å²) >= 11 is 0. The molecule has 174 valence electrons. The number of urea groups is 1. The lowest BCUT2D eigenvalue weighted by molar-refractivity contribution is -0.137. The predicted molar refractivity (Wildman–Crippen MR) is 113 cm³/mol. The van der Waals surface area contributed by atoms with E-state index in [0.29, 0.717) is 13.1 Å². The molecule has 3 amide bonds. The van der Waals surface area contributed by atoms with E-state index < -0.39 is 29.9 Å². The van der Waals surface area contributed by atoms with Crippen LogP contribution in [0.25, 0.3) is 0 Å². The van der Waals surface area contributed by atoms with Crippen LogP contribution in [-0.4, -0.2) is 72.1 Å². The van der Waals surface area contributed by atoms with Gasteiger partial charge in [0.15, 0.2) is 0 Å². The number of nitrogens with zero attached hydrogens (tertiary/aromatic N) is 1. The summed E-state index contributed by atoms with van der Waals surface area (Å²) in [6.07, 6.45) is 0.310. The molecule has 0 aliphatic carbocycles. The molecule has 0 saturated carbocycles. The summed E-state index contributed by atoms with van der Waals surface area (Å²) in [7, 11) is 0. The number of aliphatic hydroxyl groups is 1. The van der Waals surface area contributed by atoms with Crippen molar-refractivity contribution in [3.05, 3.63) is 0 Å². The van der Waals surface area contributed by atoms with Crippen molar-refractivity contribution in [1.29, 1.82) is 0 Å². The van der Waals surface area contributed by atoms with Gasteiger partial charge in [-0.2, -0.15) is 0 Å². The van der Waals surface area contributed by atoms with E-state index in [0.717, 1.165) is 12.8 Å². The third-order valence-electron chi connectivity index (χ3n) is 4.91. The first-order valence-corrected chi connectivity index (χ1v) is 10.6. The van der Waals surface area contributed by atoms with Crippen molar-refractivity contribution in [2.45, 2.75) is 79.1 Å². The third-order valence-corrected chi connectivity index (χ3v) is 4.91. The molecule has 0 aromatic rings. The summed E-state index contributed by atoms with van der Waals surface area (Å²) in [6, 6.07) is -1.15. The maximum atomic E-state index is 13.0. The minimum Gasteiger partial charge on any atom is -0.432 e. The highest BCUT2D eigenvalue weighted by molar-refractivity contribution is 5.87. The minimum absolute atomic E-state index is 0.0262. The molecule has 1 heterocycles. The minimum atomic E-state index is -1.03. The van der Waals surface area contributed by atoms with Crippen molar-refractivity contribution in [1.82, 2.24) is 15.5 Å². The van der Waals surface area contributed by atoms with Crippen LogP contribution in [0.4, 0.5) is 9.59 Å². The first-order chi connectivity index (χ1) is 13.7. The molecule has 0 aromatic heterocycles. The van der Waals surface area contributed by atoms with Gasteiger partial charge in [-0.1, -0.05) is 27.7 Å². The van der Waals surface area contributed by atoms with Gasteiger partial charge in [0.25, 0.3) is 0 Å². The highest BCUT2D eigenvalue weighted by Crippen LogP contribution is 2.29. The Morgan fingerprint density at radius 3 is 2.37 bits per heavy atom. The van der Waals surface area contributed by atoms with Crippen LogP contribution < -0.4 is 10.6 Å². The zero-order chi connectivity index (χ0) is 23.1. The Hall–Kier alpha value is -2.03. The van der Waals surface area contributed by atoms with Crippen LogP contribution in [0.3, 0.4) is 0 Å². The van der Waals surface area contributed by atoms with Crippen LogP contribution in [0.2, 0.25) is 0 Å². The molecule has 1 rings (SSSR count). The number of piperidine rings is 1. The third kappa shape index (κ3) is 9.19. The number of rotatable bonds is 8. The van der Waals surface area contributed by atoms with E-state index in [9.17, 15) is 14.4 Å². The average molecular weight is 430 g/mol. The Labute approximate surface area is 179 Å². The Bertz CT molecular complexity index is 604. The lowest BCUT2D eigenvalue weighted by atomic mass is 9.83. The van der Waals surface area contributed by atoms with Gasteiger partial charge in [0.05, 0.1) is 12.6 Å². The molecule has 0 bridgehead atoms. The molecule has 1 aliphatic heterocycles. The summed E-state index contributed by atoms with van der Waals surface area (Å²) in [6.45, 7) is 14.0. The highest BCUT2D eigenvalue weighted by atomic mass is 16.7. The second kappa shape index (κ2) is 10.8. The van der Waals surface area contributed by atoms with Gasteiger partial charge in [-0.15, -0.1) is 0 Å². The summed E-state index contributed by atoms with van der Waals surface area (Å²) in [5.41, 5.74) is -0.956. The molecule has 0 aromatic carbocycles. The van der Waals surface area contributed by atoms with Gasteiger partial charge in [0.2, 0.25) is 5.91 Å². The normalized spacial score (nSPS) is 18.4. The fourth-order valence-electron chi connectivity index (χ4n) is 3.29. The van der Waals surface area contributed by atoms with Gasteiger partial charge >= 0.3 is 12.2 Å². The lowest BCUT2D eigenvalue weighted by Gasteiger charge is -2.40. The van der Waals surface area contributed by atoms with Crippen LogP contribution in [0.5, 0.6) is 0 Å². The number of aliphatic hydroxyl groups excluding tert-OH is 1. The zero-order valence-electron chi connectivity index (χ0n) is 19.4. The maximum Gasteiger partial charge on any atom is 0.508 e. The zero-order valence-corrected chi connectivity index (χ0v) is 19.4. The van der Waals surface area contributed by atoms with Crippen molar-refractivity contribution >= 4 is 18.1 Å². The number of carbonyl (C=O) groups is 3. The van der Waals surface area contributed by atoms with Gasteiger partial charge in [-0.3, -0.25) is 4.79 Å². The van der Waals surface area contributed by atoms with E-state index >= 15 is 0 Å². The summed E-state index contributed by atoms with van der Waals surface area (Å²) in [5.74, 6) is -0.155. The molecular weight excluding hydrogens is 390 g/mol. The molecular formula is C21H39N3O6. The van der Waals surface area contributed by atoms with Gasteiger partial charge in [0.1, 0.15) is 18.2 Å². The molecule has 0 spiro atoms. The van der Waals surface area contributed by atoms with E-state index in [2.05, 4.69) is 24.5 Å². The molecule has 2 atom stereocenters. The number of nitrogens with one attached hydrogen (secondary N) is 2. The topological polar surface area (TPSA) is 117 Å². The maximum absolute atomic E-state index is 13.0. The van der Waals surface area contributed by atoms with Crippen molar-refractivity contribution in [3.63, 3.8) is 0 Å². The number of carbonyl (C=O) groups excluding carboxylic acids is 3. The number of hydrogen-bond acceptors (Lipinski definition) is 6. The summed E-state index contributed by atoms with van der Waals surface area (Å²) < 4.78 is 9.93. The number of likely N-dealkylation sites (tertiary alicyclic amines) is 1. The van der Waals surface area contributed by atoms with Crippen molar-refractivity contribution in [2.24, 2.45) is 11.3 Å². The second-order valence-electron chi connectivity index (χ2n) is 9.85. The number of amides is 3. The highest BCUT2D eigenvalue weighted by Gasteiger charge is 2.34. The summed E-state index contributed by atoms with van der Waals surface area (Å²) in [5, 5.41) is 14.6. The predicted octanol–water partition coefficient (Wildman–Crippen LogP) is 2.27.